The van der Waals surface area contributed by atoms with E-state index in [0.29, 0.717) is 5.56 Å². The molecule has 0 aliphatic rings. The van der Waals surface area contributed by atoms with E-state index in [4.69, 9.17) is 5.11 Å². The molecule has 2 rings (SSSR count). The van der Waals surface area contributed by atoms with E-state index in [-0.39, 0.29) is 10.6 Å². The van der Waals surface area contributed by atoms with E-state index in [0.717, 1.165) is 11.3 Å². The Morgan fingerprint density at radius 2 is 2.00 bits per heavy atom. The Bertz CT molecular complexity index is 672. The maximum Gasteiger partial charge on any atom is 0.338 e. The molecule has 2 amide bonds. The lowest BCUT2D eigenvalue weighted by Gasteiger charge is -2.15. The lowest BCUT2D eigenvalue weighted by molar-refractivity contribution is 0.0698. The number of amides is 2. The van der Waals surface area contributed by atoms with Gasteiger partial charge in [0.2, 0.25) is 0 Å². The number of thiophene rings is 1. The van der Waals surface area contributed by atoms with Gasteiger partial charge < -0.3 is 10.4 Å². The first kappa shape index (κ1) is 15.0. The number of carbonyl (C=O) groups excluding carboxylic acids is 1. The van der Waals surface area contributed by atoms with Crippen molar-refractivity contribution < 1.29 is 19.1 Å². The van der Waals surface area contributed by atoms with Crippen molar-refractivity contribution in [2.24, 2.45) is 0 Å². The summed E-state index contributed by atoms with van der Waals surface area (Å²) in [6.45, 7) is 1.64. The number of hydrogen-bond donors (Lipinski definition) is 3. The third kappa shape index (κ3) is 3.57. The zero-order chi connectivity index (χ0) is 15.4. The summed E-state index contributed by atoms with van der Waals surface area (Å²) in [5.74, 6) is -1.53. The van der Waals surface area contributed by atoms with E-state index < -0.39 is 23.9 Å². The SMILES string of the molecule is CC(NC(=O)Nc1sccc1C(=O)O)c1ccccc1F. The molecule has 110 valence electrons. The number of aromatic carboxylic acids is 1. The van der Waals surface area contributed by atoms with E-state index in [1.54, 1.807) is 30.5 Å². The van der Waals surface area contributed by atoms with Crippen LogP contribution in [0.1, 0.15) is 28.9 Å². The summed E-state index contributed by atoms with van der Waals surface area (Å²) in [4.78, 5) is 22.8. The summed E-state index contributed by atoms with van der Waals surface area (Å²) in [6, 6.07) is 6.41. The molecular weight excluding hydrogens is 295 g/mol. The lowest BCUT2D eigenvalue weighted by Crippen LogP contribution is -2.31. The van der Waals surface area contributed by atoms with Crippen molar-refractivity contribution in [1.82, 2.24) is 5.32 Å². The molecular formula is C14H13FN2O3S. The van der Waals surface area contributed by atoms with E-state index in [1.807, 2.05) is 0 Å². The van der Waals surface area contributed by atoms with Crippen LogP contribution in [0.15, 0.2) is 35.7 Å². The zero-order valence-corrected chi connectivity index (χ0v) is 11.9. The van der Waals surface area contributed by atoms with Crippen LogP contribution in [0.5, 0.6) is 0 Å². The van der Waals surface area contributed by atoms with Gasteiger partial charge in [-0.15, -0.1) is 11.3 Å². The third-order valence-electron chi connectivity index (χ3n) is 2.84. The smallest absolute Gasteiger partial charge is 0.338 e. The quantitative estimate of drug-likeness (QED) is 0.809. The van der Waals surface area contributed by atoms with Crippen molar-refractivity contribution in [1.29, 1.82) is 0 Å². The molecule has 1 unspecified atom stereocenters. The summed E-state index contributed by atoms with van der Waals surface area (Å²) in [5, 5.41) is 15.8. The molecule has 5 nitrogen and oxygen atoms in total. The average Bonchev–Trinajstić information content (AvgIpc) is 2.87. The largest absolute Gasteiger partial charge is 0.478 e. The second-order valence-electron chi connectivity index (χ2n) is 4.31. The van der Waals surface area contributed by atoms with Crippen LogP contribution in [-0.4, -0.2) is 17.1 Å². The number of benzene rings is 1. The van der Waals surface area contributed by atoms with Crippen LogP contribution in [0.3, 0.4) is 0 Å². The Balaban J connectivity index is 2.03. The number of carboxylic acid groups (broad SMARTS) is 1. The van der Waals surface area contributed by atoms with Gasteiger partial charge in [0.25, 0.3) is 0 Å². The van der Waals surface area contributed by atoms with E-state index in [9.17, 15) is 14.0 Å². The molecule has 0 radical (unpaired) electrons. The maximum atomic E-state index is 13.6. The predicted molar refractivity (Wildman–Crippen MR) is 78.2 cm³/mol. The molecule has 0 spiro atoms. The fourth-order valence-electron chi connectivity index (χ4n) is 1.81. The van der Waals surface area contributed by atoms with Crippen LogP contribution >= 0.6 is 11.3 Å². The Morgan fingerprint density at radius 3 is 2.67 bits per heavy atom. The number of nitrogens with one attached hydrogen (secondary N) is 2. The minimum Gasteiger partial charge on any atom is -0.478 e. The number of hydrogen-bond acceptors (Lipinski definition) is 3. The van der Waals surface area contributed by atoms with E-state index in [2.05, 4.69) is 10.6 Å². The summed E-state index contributed by atoms with van der Waals surface area (Å²) in [5.41, 5.74) is 0.381. The molecule has 1 aromatic heterocycles. The summed E-state index contributed by atoms with van der Waals surface area (Å²) in [7, 11) is 0. The maximum absolute atomic E-state index is 13.6. The number of carbonyl (C=O) groups is 2. The van der Waals surface area contributed by atoms with Crippen LogP contribution in [0, 0.1) is 5.82 Å². The summed E-state index contributed by atoms with van der Waals surface area (Å²) < 4.78 is 13.6. The normalized spacial score (nSPS) is 11.7. The molecule has 3 N–H and O–H groups in total. The van der Waals surface area contributed by atoms with Crippen molar-refractivity contribution in [3.63, 3.8) is 0 Å². The second-order valence-corrected chi connectivity index (χ2v) is 5.23. The Kier molecular flexibility index (Phi) is 4.54. The van der Waals surface area contributed by atoms with Crippen LogP contribution in [0.4, 0.5) is 14.2 Å². The van der Waals surface area contributed by atoms with Crippen molar-refractivity contribution in [2.45, 2.75) is 13.0 Å². The van der Waals surface area contributed by atoms with Gasteiger partial charge in [-0.3, -0.25) is 5.32 Å². The Hall–Kier alpha value is -2.41. The summed E-state index contributed by atoms with van der Waals surface area (Å²) >= 11 is 1.11. The van der Waals surface area contributed by atoms with E-state index in [1.165, 1.54) is 12.1 Å². The van der Waals surface area contributed by atoms with Gasteiger partial charge >= 0.3 is 12.0 Å². The van der Waals surface area contributed by atoms with Gasteiger partial charge in [0.15, 0.2) is 0 Å². The molecule has 0 bridgehead atoms. The molecule has 1 heterocycles. The Morgan fingerprint density at radius 1 is 1.29 bits per heavy atom. The molecule has 0 saturated carbocycles. The molecule has 1 atom stereocenters. The minimum absolute atomic E-state index is 0.0219. The average molecular weight is 308 g/mol. The number of urea groups is 1. The fourth-order valence-corrected chi connectivity index (χ4v) is 2.59. The van der Waals surface area contributed by atoms with Crippen molar-refractivity contribution in [3.8, 4) is 0 Å². The molecule has 0 fully saturated rings. The topological polar surface area (TPSA) is 78.4 Å². The Labute approximate surface area is 124 Å². The van der Waals surface area contributed by atoms with E-state index >= 15 is 0 Å². The number of anilines is 1. The van der Waals surface area contributed by atoms with Crippen molar-refractivity contribution in [2.75, 3.05) is 5.32 Å². The molecule has 0 aliphatic carbocycles. The monoisotopic (exact) mass is 308 g/mol. The number of carboxylic acids is 1. The lowest BCUT2D eigenvalue weighted by atomic mass is 10.1. The van der Waals surface area contributed by atoms with Gasteiger partial charge in [0, 0.05) is 5.56 Å². The highest BCUT2D eigenvalue weighted by Gasteiger charge is 2.16. The first-order valence-corrected chi connectivity index (χ1v) is 6.99. The highest BCUT2D eigenvalue weighted by atomic mass is 32.1. The standard InChI is InChI=1S/C14H13FN2O3S/c1-8(9-4-2-3-5-11(9)15)16-14(20)17-12-10(13(18)19)6-7-21-12/h2-8H,1H3,(H,18,19)(H2,16,17,20). The van der Waals surface area contributed by atoms with Gasteiger partial charge in [-0.25, -0.2) is 14.0 Å². The molecule has 21 heavy (non-hydrogen) atoms. The summed E-state index contributed by atoms with van der Waals surface area (Å²) in [6.07, 6.45) is 0. The molecule has 2 aromatic rings. The van der Waals surface area contributed by atoms with Gasteiger partial charge in [-0.1, -0.05) is 18.2 Å². The van der Waals surface area contributed by atoms with Gasteiger partial charge in [0.05, 0.1) is 11.6 Å². The molecule has 0 aliphatic heterocycles. The minimum atomic E-state index is -1.12. The van der Waals surface area contributed by atoms with Gasteiger partial charge in [0.1, 0.15) is 10.8 Å². The predicted octanol–water partition coefficient (Wildman–Crippen LogP) is 3.47. The van der Waals surface area contributed by atoms with Crippen LogP contribution in [0.25, 0.3) is 0 Å². The fraction of sp³-hybridized carbons (Fsp3) is 0.143. The first-order valence-electron chi connectivity index (χ1n) is 6.11. The van der Waals surface area contributed by atoms with Crippen LogP contribution in [-0.2, 0) is 0 Å². The molecule has 7 heteroatoms. The highest BCUT2D eigenvalue weighted by molar-refractivity contribution is 7.14. The van der Waals surface area contributed by atoms with Crippen molar-refractivity contribution in [3.05, 3.63) is 52.7 Å². The number of halogens is 1. The second kappa shape index (κ2) is 6.36. The zero-order valence-electron chi connectivity index (χ0n) is 11.1. The van der Waals surface area contributed by atoms with Gasteiger partial charge in [-0.2, -0.15) is 0 Å². The molecule has 1 aromatic carbocycles. The number of rotatable bonds is 4. The molecule has 0 saturated heterocycles. The highest BCUT2D eigenvalue weighted by Crippen LogP contribution is 2.23. The first-order chi connectivity index (χ1) is 9.99. The van der Waals surface area contributed by atoms with Gasteiger partial charge in [-0.05, 0) is 24.4 Å². The van der Waals surface area contributed by atoms with Crippen LogP contribution < -0.4 is 10.6 Å². The van der Waals surface area contributed by atoms with Crippen molar-refractivity contribution >= 4 is 28.3 Å². The van der Waals surface area contributed by atoms with Crippen LogP contribution in [0.2, 0.25) is 0 Å². The third-order valence-corrected chi connectivity index (χ3v) is 3.67.